The number of rotatable bonds is 11. The molecule has 0 saturated carbocycles. The number of hydrogen-bond donors (Lipinski definition) is 1. The van der Waals surface area contributed by atoms with Gasteiger partial charge in [-0.05, 0) is 103 Å². The standard InChI is InChI=1S/C42H40N6O3S/c1-4-27(25-47-26-39(45-46-47)29-10-14-31(43-2)15-11-29)30-20-21-48-40(22-30)41(52-42(48)49)36-24-38(44-37-19-18-34(50-3)23-35(36)37)28-12-16-33(17-13-28)51-32-8-6-5-7-9-32/h4-19,23-24,26-27,30,40-41,43H,1,20-22,25H2,2-3H3. The van der Waals surface area contributed by atoms with E-state index in [0.717, 1.165) is 74.8 Å². The van der Waals surface area contributed by atoms with Crippen molar-refractivity contribution in [2.45, 2.75) is 30.7 Å². The maximum Gasteiger partial charge on any atom is 0.282 e. The summed E-state index contributed by atoms with van der Waals surface area (Å²) >= 11 is 1.43. The van der Waals surface area contributed by atoms with E-state index in [1.165, 1.54) is 11.8 Å². The minimum Gasteiger partial charge on any atom is -0.497 e. The Hall–Kier alpha value is -5.61. The average molecular weight is 709 g/mol. The summed E-state index contributed by atoms with van der Waals surface area (Å²) in [6.45, 7) is 5.63. The number of aromatic nitrogens is 4. The number of ether oxygens (including phenoxy) is 2. The number of amides is 1. The van der Waals surface area contributed by atoms with Crippen molar-refractivity contribution >= 4 is 33.6 Å². The Morgan fingerprint density at radius 3 is 2.42 bits per heavy atom. The second-order valence-electron chi connectivity index (χ2n) is 13.3. The van der Waals surface area contributed by atoms with Crippen LogP contribution in [-0.4, -0.2) is 56.9 Å². The molecule has 9 nitrogen and oxygen atoms in total. The van der Waals surface area contributed by atoms with E-state index in [9.17, 15) is 4.79 Å². The highest BCUT2D eigenvalue weighted by atomic mass is 32.2. The molecule has 8 rings (SSSR count). The first kappa shape index (κ1) is 33.5. The molecular weight excluding hydrogens is 669 g/mol. The third-order valence-electron chi connectivity index (χ3n) is 10.3. The van der Waals surface area contributed by atoms with Gasteiger partial charge in [0.05, 0.1) is 29.8 Å². The van der Waals surface area contributed by atoms with Crippen LogP contribution < -0.4 is 14.8 Å². The van der Waals surface area contributed by atoms with Crippen LogP contribution in [0.5, 0.6) is 17.2 Å². The Morgan fingerprint density at radius 2 is 1.67 bits per heavy atom. The van der Waals surface area contributed by atoms with Gasteiger partial charge in [0.2, 0.25) is 0 Å². The molecular formula is C42H40N6O3S. The van der Waals surface area contributed by atoms with Crippen LogP contribution in [0.25, 0.3) is 33.4 Å². The Morgan fingerprint density at radius 1 is 0.942 bits per heavy atom. The number of piperidine rings is 1. The molecule has 0 spiro atoms. The number of fused-ring (bicyclic) bond motifs is 2. The molecule has 2 saturated heterocycles. The van der Waals surface area contributed by atoms with Gasteiger partial charge in [-0.2, -0.15) is 0 Å². The zero-order valence-corrected chi connectivity index (χ0v) is 30.0. The van der Waals surface area contributed by atoms with Crippen LogP contribution in [0, 0.1) is 11.8 Å². The average Bonchev–Trinajstić information content (AvgIpc) is 3.80. The molecule has 262 valence electrons. The maximum absolute atomic E-state index is 13.6. The Balaban J connectivity index is 1.07. The van der Waals surface area contributed by atoms with Crippen molar-refractivity contribution in [3.63, 3.8) is 0 Å². The van der Waals surface area contributed by atoms with Crippen LogP contribution in [0.3, 0.4) is 0 Å². The number of pyridine rings is 1. The lowest BCUT2D eigenvalue weighted by Crippen LogP contribution is -2.43. The fourth-order valence-corrected chi connectivity index (χ4v) is 8.79. The first-order valence-electron chi connectivity index (χ1n) is 17.6. The highest BCUT2D eigenvalue weighted by molar-refractivity contribution is 8.14. The molecule has 2 aromatic heterocycles. The van der Waals surface area contributed by atoms with Gasteiger partial charge in [-0.15, -0.1) is 11.7 Å². The van der Waals surface area contributed by atoms with Crippen molar-refractivity contribution in [2.24, 2.45) is 11.8 Å². The van der Waals surface area contributed by atoms with Gasteiger partial charge in [-0.1, -0.05) is 53.4 Å². The van der Waals surface area contributed by atoms with Gasteiger partial charge in [0.1, 0.15) is 22.9 Å². The molecule has 2 aliphatic heterocycles. The number of nitrogens with one attached hydrogen (secondary N) is 1. The number of anilines is 1. The molecule has 4 unspecified atom stereocenters. The van der Waals surface area contributed by atoms with Crippen LogP contribution in [0.15, 0.2) is 122 Å². The number of benzene rings is 4. The van der Waals surface area contributed by atoms with E-state index in [0.29, 0.717) is 19.0 Å². The number of para-hydroxylation sites is 1. The third-order valence-corrected chi connectivity index (χ3v) is 11.6. The van der Waals surface area contributed by atoms with Gasteiger partial charge < -0.3 is 19.7 Å². The van der Waals surface area contributed by atoms with Gasteiger partial charge in [0, 0.05) is 48.4 Å². The quantitative estimate of drug-likeness (QED) is 0.133. The van der Waals surface area contributed by atoms with Crippen molar-refractivity contribution in [1.82, 2.24) is 24.9 Å². The Bertz CT molecular complexity index is 2210. The van der Waals surface area contributed by atoms with Crippen LogP contribution >= 0.6 is 11.8 Å². The van der Waals surface area contributed by atoms with Crippen LogP contribution in [-0.2, 0) is 6.54 Å². The number of hydrogen-bond acceptors (Lipinski definition) is 8. The number of allylic oxidation sites excluding steroid dienone is 1. The molecule has 4 heterocycles. The lowest BCUT2D eigenvalue weighted by Gasteiger charge is -2.39. The smallest absolute Gasteiger partial charge is 0.282 e. The van der Waals surface area contributed by atoms with Gasteiger partial charge >= 0.3 is 0 Å². The second-order valence-corrected chi connectivity index (χ2v) is 14.4. The van der Waals surface area contributed by atoms with E-state index in [2.05, 4.69) is 51.4 Å². The van der Waals surface area contributed by atoms with Crippen LogP contribution in [0.4, 0.5) is 10.5 Å². The van der Waals surface area contributed by atoms with Crippen molar-refractivity contribution < 1.29 is 14.3 Å². The van der Waals surface area contributed by atoms with Gasteiger partial charge in [-0.3, -0.25) is 9.48 Å². The molecule has 2 aliphatic rings. The summed E-state index contributed by atoms with van der Waals surface area (Å²) in [5.74, 6) is 2.80. The van der Waals surface area contributed by atoms with E-state index < -0.39 is 0 Å². The molecule has 0 radical (unpaired) electrons. The number of thioether (sulfide) groups is 1. The number of nitrogens with zero attached hydrogens (tertiary/aromatic N) is 5. The van der Waals surface area contributed by atoms with E-state index in [-0.39, 0.29) is 22.4 Å². The molecule has 1 amide bonds. The summed E-state index contributed by atoms with van der Waals surface area (Å²) in [5.41, 5.74) is 6.70. The molecule has 0 aliphatic carbocycles. The number of methoxy groups -OCH3 is 1. The summed E-state index contributed by atoms with van der Waals surface area (Å²) in [4.78, 5) is 20.8. The number of carbonyl (C=O) groups excluding carboxylic acids is 1. The SMILES string of the molecule is C=CC(Cn1cc(-c2ccc(NC)cc2)nn1)C1CCN2C(=O)SC(c3cc(-c4ccc(Oc5ccccc5)cc4)nc4ccc(OC)cc34)C2C1. The topological polar surface area (TPSA) is 94.4 Å². The van der Waals surface area contributed by atoms with Gasteiger partial charge in [-0.25, -0.2) is 4.98 Å². The van der Waals surface area contributed by atoms with Crippen LogP contribution in [0.2, 0.25) is 0 Å². The van der Waals surface area contributed by atoms with Gasteiger partial charge in [0.25, 0.3) is 5.24 Å². The van der Waals surface area contributed by atoms with E-state index in [1.807, 2.05) is 103 Å². The lowest BCUT2D eigenvalue weighted by atomic mass is 9.79. The number of carbonyl (C=O) groups is 1. The van der Waals surface area contributed by atoms with Crippen molar-refractivity contribution in [3.05, 3.63) is 128 Å². The molecule has 10 heteroatoms. The summed E-state index contributed by atoms with van der Waals surface area (Å²) in [6.07, 6.45) is 5.84. The summed E-state index contributed by atoms with van der Waals surface area (Å²) in [6, 6.07) is 34.1. The van der Waals surface area contributed by atoms with Crippen molar-refractivity contribution in [1.29, 1.82) is 0 Å². The predicted molar refractivity (Wildman–Crippen MR) is 208 cm³/mol. The van der Waals surface area contributed by atoms with Crippen LogP contribution in [0.1, 0.15) is 23.7 Å². The van der Waals surface area contributed by atoms with E-state index in [1.54, 1.807) is 7.11 Å². The highest BCUT2D eigenvalue weighted by Gasteiger charge is 2.46. The van der Waals surface area contributed by atoms with Gasteiger partial charge in [0.15, 0.2) is 0 Å². The monoisotopic (exact) mass is 708 g/mol. The Labute approximate surface area is 307 Å². The largest absolute Gasteiger partial charge is 0.497 e. The molecule has 6 aromatic rings. The van der Waals surface area contributed by atoms with E-state index >= 15 is 0 Å². The molecule has 52 heavy (non-hydrogen) atoms. The van der Waals surface area contributed by atoms with E-state index in [4.69, 9.17) is 14.5 Å². The predicted octanol–water partition coefficient (Wildman–Crippen LogP) is 9.49. The maximum atomic E-state index is 13.6. The molecule has 0 bridgehead atoms. The fraction of sp³-hybridized carbons (Fsp3) is 0.238. The lowest BCUT2D eigenvalue weighted by molar-refractivity contribution is 0.129. The van der Waals surface area contributed by atoms with Crippen molar-refractivity contribution in [3.8, 4) is 39.8 Å². The normalized spacial score (nSPS) is 18.9. The molecule has 4 aromatic carbocycles. The van der Waals surface area contributed by atoms with Crippen molar-refractivity contribution in [2.75, 3.05) is 26.0 Å². The fourth-order valence-electron chi connectivity index (χ4n) is 7.47. The minimum atomic E-state index is -0.0728. The third kappa shape index (κ3) is 6.74. The molecule has 2 fully saturated rings. The Kier molecular flexibility index (Phi) is 9.38. The first-order chi connectivity index (χ1) is 25.5. The molecule has 1 N–H and O–H groups in total. The zero-order chi connectivity index (χ0) is 35.6. The highest BCUT2D eigenvalue weighted by Crippen LogP contribution is 2.51. The minimum absolute atomic E-state index is 0.0296. The summed E-state index contributed by atoms with van der Waals surface area (Å²) < 4.78 is 13.6. The second kappa shape index (κ2) is 14.6. The first-order valence-corrected chi connectivity index (χ1v) is 18.5. The zero-order valence-electron chi connectivity index (χ0n) is 29.2. The summed E-state index contributed by atoms with van der Waals surface area (Å²) in [5, 5.41) is 13.2. The molecule has 4 atom stereocenters. The summed E-state index contributed by atoms with van der Waals surface area (Å²) in [7, 11) is 3.58.